The van der Waals surface area contributed by atoms with E-state index in [0.717, 1.165) is 19.5 Å². The molecular weight excluding hydrogens is 232 g/mol. The average molecular weight is 254 g/mol. The minimum atomic E-state index is 0.714. The van der Waals surface area contributed by atoms with Gasteiger partial charge in [0, 0.05) is 37.3 Å². The van der Waals surface area contributed by atoms with Crippen LogP contribution in [0.3, 0.4) is 0 Å². The number of hydrogen-bond acceptors (Lipinski definition) is 5. The SMILES string of the molecule is CCCN1CCN(c2ncc(CCN)s2)CC1. The molecule has 0 spiro atoms. The molecule has 1 aliphatic heterocycles. The predicted molar refractivity (Wildman–Crippen MR) is 73.8 cm³/mol. The van der Waals surface area contributed by atoms with Gasteiger partial charge in [-0.3, -0.25) is 4.90 Å². The van der Waals surface area contributed by atoms with E-state index in [1.165, 1.54) is 36.1 Å². The Hall–Kier alpha value is -0.650. The summed E-state index contributed by atoms with van der Waals surface area (Å²) in [7, 11) is 0. The summed E-state index contributed by atoms with van der Waals surface area (Å²) in [4.78, 5) is 10.7. The van der Waals surface area contributed by atoms with Crippen molar-refractivity contribution in [3.63, 3.8) is 0 Å². The lowest BCUT2D eigenvalue weighted by molar-refractivity contribution is 0.258. The molecule has 0 aliphatic carbocycles. The fourth-order valence-electron chi connectivity index (χ4n) is 2.18. The largest absolute Gasteiger partial charge is 0.346 e. The standard InChI is InChI=1S/C12H22N4S/c1-2-5-15-6-8-16(9-7-15)12-14-10-11(17-12)3-4-13/h10H,2-9,13H2,1H3. The van der Waals surface area contributed by atoms with Crippen molar-refractivity contribution < 1.29 is 0 Å². The van der Waals surface area contributed by atoms with Gasteiger partial charge < -0.3 is 10.6 Å². The van der Waals surface area contributed by atoms with Gasteiger partial charge in [0.05, 0.1) is 0 Å². The molecule has 0 atom stereocenters. The van der Waals surface area contributed by atoms with Crippen LogP contribution in [0, 0.1) is 0 Å². The van der Waals surface area contributed by atoms with Gasteiger partial charge in [-0.1, -0.05) is 6.92 Å². The maximum absolute atomic E-state index is 5.56. The molecule has 17 heavy (non-hydrogen) atoms. The van der Waals surface area contributed by atoms with Crippen molar-refractivity contribution in [1.29, 1.82) is 0 Å². The van der Waals surface area contributed by atoms with Gasteiger partial charge in [0.1, 0.15) is 0 Å². The Labute approximate surface area is 107 Å². The van der Waals surface area contributed by atoms with Gasteiger partial charge in [-0.15, -0.1) is 11.3 Å². The molecule has 0 bridgehead atoms. The van der Waals surface area contributed by atoms with Gasteiger partial charge in [0.15, 0.2) is 5.13 Å². The highest BCUT2D eigenvalue weighted by Gasteiger charge is 2.18. The number of rotatable bonds is 5. The normalized spacial score (nSPS) is 17.6. The van der Waals surface area contributed by atoms with E-state index in [2.05, 4.69) is 21.7 Å². The molecule has 1 aliphatic rings. The third kappa shape index (κ3) is 3.40. The quantitative estimate of drug-likeness (QED) is 0.857. The molecule has 4 nitrogen and oxygen atoms in total. The summed E-state index contributed by atoms with van der Waals surface area (Å²) in [5.74, 6) is 0. The van der Waals surface area contributed by atoms with Gasteiger partial charge >= 0.3 is 0 Å². The predicted octanol–water partition coefficient (Wildman–Crippen LogP) is 1.18. The van der Waals surface area contributed by atoms with Crippen LogP contribution in [0.1, 0.15) is 18.2 Å². The van der Waals surface area contributed by atoms with Crippen LogP contribution in [0.25, 0.3) is 0 Å². The number of hydrogen-bond donors (Lipinski definition) is 1. The molecule has 0 amide bonds. The molecule has 1 aromatic rings. The Morgan fingerprint density at radius 2 is 2.12 bits per heavy atom. The molecule has 0 aromatic carbocycles. The van der Waals surface area contributed by atoms with Crippen LogP contribution in [0.15, 0.2) is 6.20 Å². The molecule has 1 aromatic heterocycles. The van der Waals surface area contributed by atoms with E-state index >= 15 is 0 Å². The molecule has 2 N–H and O–H groups in total. The lowest BCUT2D eigenvalue weighted by Crippen LogP contribution is -2.46. The van der Waals surface area contributed by atoms with Crippen LogP contribution < -0.4 is 10.6 Å². The van der Waals surface area contributed by atoms with Crippen LogP contribution >= 0.6 is 11.3 Å². The average Bonchev–Trinajstić information content (AvgIpc) is 2.80. The van der Waals surface area contributed by atoms with Crippen LogP contribution in [0.4, 0.5) is 5.13 Å². The number of anilines is 1. The zero-order valence-electron chi connectivity index (χ0n) is 10.6. The van der Waals surface area contributed by atoms with Gasteiger partial charge in [0.25, 0.3) is 0 Å². The van der Waals surface area contributed by atoms with Gasteiger partial charge in [0.2, 0.25) is 0 Å². The van der Waals surface area contributed by atoms with Crippen LogP contribution in [0.2, 0.25) is 0 Å². The van der Waals surface area contributed by atoms with Crippen molar-refractivity contribution in [2.75, 3.05) is 44.2 Å². The van der Waals surface area contributed by atoms with E-state index in [1.807, 2.05) is 6.20 Å². The summed E-state index contributed by atoms with van der Waals surface area (Å²) in [5, 5.41) is 1.17. The van der Waals surface area contributed by atoms with E-state index in [4.69, 9.17) is 5.73 Å². The Morgan fingerprint density at radius 1 is 1.35 bits per heavy atom. The number of thiazole rings is 1. The van der Waals surface area contributed by atoms with Crippen molar-refractivity contribution in [1.82, 2.24) is 9.88 Å². The molecule has 1 saturated heterocycles. The molecule has 0 radical (unpaired) electrons. The number of nitrogens with two attached hydrogens (primary N) is 1. The summed E-state index contributed by atoms with van der Waals surface area (Å²) in [6, 6.07) is 0. The number of aromatic nitrogens is 1. The van der Waals surface area contributed by atoms with E-state index in [9.17, 15) is 0 Å². The van der Waals surface area contributed by atoms with Gasteiger partial charge in [-0.25, -0.2) is 4.98 Å². The van der Waals surface area contributed by atoms with Crippen molar-refractivity contribution in [2.24, 2.45) is 5.73 Å². The highest BCUT2D eigenvalue weighted by molar-refractivity contribution is 7.15. The number of piperazine rings is 1. The zero-order valence-corrected chi connectivity index (χ0v) is 11.4. The Morgan fingerprint density at radius 3 is 2.76 bits per heavy atom. The van der Waals surface area contributed by atoms with Gasteiger partial charge in [-0.2, -0.15) is 0 Å². The van der Waals surface area contributed by atoms with E-state index < -0.39 is 0 Å². The topological polar surface area (TPSA) is 45.4 Å². The zero-order chi connectivity index (χ0) is 12.1. The summed E-state index contributed by atoms with van der Waals surface area (Å²) in [5.41, 5.74) is 5.56. The summed E-state index contributed by atoms with van der Waals surface area (Å²) in [6.45, 7) is 8.73. The Kier molecular flexibility index (Phi) is 4.76. The first-order valence-electron chi connectivity index (χ1n) is 6.45. The summed E-state index contributed by atoms with van der Waals surface area (Å²) >= 11 is 1.79. The van der Waals surface area contributed by atoms with Crippen LogP contribution in [-0.2, 0) is 6.42 Å². The molecular formula is C12H22N4S. The summed E-state index contributed by atoms with van der Waals surface area (Å²) < 4.78 is 0. The Balaban J connectivity index is 1.86. The van der Waals surface area contributed by atoms with E-state index in [-0.39, 0.29) is 0 Å². The van der Waals surface area contributed by atoms with Crippen molar-refractivity contribution in [3.05, 3.63) is 11.1 Å². The maximum atomic E-state index is 5.56. The first-order valence-corrected chi connectivity index (χ1v) is 7.27. The van der Waals surface area contributed by atoms with Crippen molar-refractivity contribution in [3.8, 4) is 0 Å². The first-order chi connectivity index (χ1) is 8.33. The first kappa shape index (κ1) is 12.8. The second-order valence-electron chi connectivity index (χ2n) is 4.48. The lowest BCUT2D eigenvalue weighted by atomic mass is 10.3. The smallest absolute Gasteiger partial charge is 0.185 e. The van der Waals surface area contributed by atoms with Gasteiger partial charge in [-0.05, 0) is 25.9 Å². The van der Waals surface area contributed by atoms with Crippen molar-refractivity contribution in [2.45, 2.75) is 19.8 Å². The fraction of sp³-hybridized carbons (Fsp3) is 0.750. The highest BCUT2D eigenvalue weighted by atomic mass is 32.1. The molecule has 2 heterocycles. The van der Waals surface area contributed by atoms with Crippen LogP contribution in [-0.4, -0.2) is 49.2 Å². The minimum Gasteiger partial charge on any atom is -0.346 e. The van der Waals surface area contributed by atoms with Crippen LogP contribution in [0.5, 0.6) is 0 Å². The third-order valence-electron chi connectivity index (χ3n) is 3.11. The van der Waals surface area contributed by atoms with E-state index in [0.29, 0.717) is 6.54 Å². The van der Waals surface area contributed by atoms with E-state index in [1.54, 1.807) is 11.3 Å². The summed E-state index contributed by atoms with van der Waals surface area (Å²) in [6.07, 6.45) is 4.18. The number of nitrogens with zero attached hydrogens (tertiary/aromatic N) is 3. The molecule has 0 unspecified atom stereocenters. The molecule has 1 fully saturated rings. The minimum absolute atomic E-state index is 0.714. The second-order valence-corrected chi connectivity index (χ2v) is 5.57. The molecule has 5 heteroatoms. The molecule has 96 valence electrons. The maximum Gasteiger partial charge on any atom is 0.185 e. The molecule has 2 rings (SSSR count). The monoisotopic (exact) mass is 254 g/mol. The highest BCUT2D eigenvalue weighted by Crippen LogP contribution is 2.23. The lowest BCUT2D eigenvalue weighted by Gasteiger charge is -2.34. The molecule has 0 saturated carbocycles. The third-order valence-corrected chi connectivity index (χ3v) is 4.23. The fourth-order valence-corrected chi connectivity index (χ4v) is 3.16. The Bertz CT molecular complexity index is 331. The second kappa shape index (κ2) is 6.33. The van der Waals surface area contributed by atoms with Crippen molar-refractivity contribution >= 4 is 16.5 Å².